The van der Waals surface area contributed by atoms with Gasteiger partial charge in [0.25, 0.3) is 0 Å². The van der Waals surface area contributed by atoms with Gasteiger partial charge in [-0.25, -0.2) is 0 Å². The van der Waals surface area contributed by atoms with Gasteiger partial charge in [0.2, 0.25) is 5.91 Å². The molecule has 0 fully saturated rings. The van der Waals surface area contributed by atoms with Crippen molar-refractivity contribution in [2.45, 2.75) is 39.8 Å². The minimum absolute atomic E-state index is 0.0959. The van der Waals surface area contributed by atoms with E-state index in [1.54, 1.807) is 4.90 Å². The van der Waals surface area contributed by atoms with E-state index in [2.05, 4.69) is 24.1 Å². The Balaban J connectivity index is 2.45. The molecule has 0 saturated carbocycles. The number of amides is 1. The largest absolute Gasteiger partial charge is 0.339 e. The number of carbonyl (C=O) groups excluding carboxylic acids is 1. The van der Waals surface area contributed by atoms with Crippen molar-refractivity contribution in [2.75, 3.05) is 13.6 Å². The van der Waals surface area contributed by atoms with Crippen LogP contribution in [0.3, 0.4) is 0 Å². The summed E-state index contributed by atoms with van der Waals surface area (Å²) in [4.78, 5) is 18.0. The maximum Gasteiger partial charge on any atom is 0.236 e. The molecule has 1 atom stereocenters. The second kappa shape index (κ2) is 7.11. The Kier molecular flexibility index (Phi) is 5.78. The number of nitrogens with zero attached hydrogens (tertiary/aromatic N) is 2. The predicted molar refractivity (Wildman–Crippen MR) is 73.2 cm³/mol. The van der Waals surface area contributed by atoms with E-state index in [0.29, 0.717) is 19.1 Å². The van der Waals surface area contributed by atoms with E-state index in [0.717, 1.165) is 17.8 Å². The molecule has 0 aromatic carbocycles. The summed E-state index contributed by atoms with van der Waals surface area (Å²) in [6.45, 7) is 7.08. The van der Waals surface area contributed by atoms with Crippen molar-refractivity contribution in [1.29, 1.82) is 0 Å². The van der Waals surface area contributed by atoms with Gasteiger partial charge in [0.1, 0.15) is 0 Å². The zero-order valence-electron chi connectivity index (χ0n) is 11.7. The zero-order chi connectivity index (χ0) is 13.5. The molecule has 1 amide bonds. The first-order valence-electron chi connectivity index (χ1n) is 6.42. The van der Waals surface area contributed by atoms with Crippen LogP contribution in [-0.4, -0.2) is 35.4 Å². The second-order valence-corrected chi connectivity index (χ2v) is 4.71. The maximum atomic E-state index is 11.9. The van der Waals surface area contributed by atoms with Gasteiger partial charge in [-0.2, -0.15) is 0 Å². The van der Waals surface area contributed by atoms with Crippen molar-refractivity contribution in [3.05, 3.63) is 29.6 Å². The summed E-state index contributed by atoms with van der Waals surface area (Å²) in [6.07, 6.45) is 1.02. The molecule has 0 spiro atoms. The van der Waals surface area contributed by atoms with Crippen LogP contribution in [0.15, 0.2) is 18.2 Å². The van der Waals surface area contributed by atoms with E-state index >= 15 is 0 Å². The monoisotopic (exact) mass is 249 g/mol. The summed E-state index contributed by atoms with van der Waals surface area (Å²) in [7, 11) is 1.81. The van der Waals surface area contributed by atoms with Crippen LogP contribution in [0.5, 0.6) is 0 Å². The van der Waals surface area contributed by atoms with Gasteiger partial charge < -0.3 is 10.2 Å². The Labute approximate surface area is 109 Å². The third kappa shape index (κ3) is 4.84. The smallest absolute Gasteiger partial charge is 0.236 e. The van der Waals surface area contributed by atoms with Crippen molar-refractivity contribution < 1.29 is 4.79 Å². The fourth-order valence-electron chi connectivity index (χ4n) is 1.56. The van der Waals surface area contributed by atoms with Crippen molar-refractivity contribution in [3.8, 4) is 0 Å². The fourth-order valence-corrected chi connectivity index (χ4v) is 1.56. The van der Waals surface area contributed by atoms with Crippen molar-refractivity contribution >= 4 is 5.91 Å². The Morgan fingerprint density at radius 3 is 2.83 bits per heavy atom. The summed E-state index contributed by atoms with van der Waals surface area (Å²) in [5, 5.41) is 3.20. The summed E-state index contributed by atoms with van der Waals surface area (Å²) < 4.78 is 0. The molecule has 1 aromatic heterocycles. The summed E-state index contributed by atoms with van der Waals surface area (Å²) >= 11 is 0. The topological polar surface area (TPSA) is 45.2 Å². The highest BCUT2D eigenvalue weighted by Crippen LogP contribution is 2.02. The molecular weight excluding hydrogens is 226 g/mol. The number of aryl methyl sites for hydroxylation is 1. The van der Waals surface area contributed by atoms with Crippen LogP contribution in [-0.2, 0) is 11.3 Å². The van der Waals surface area contributed by atoms with Crippen LogP contribution in [0.1, 0.15) is 31.7 Å². The molecule has 4 heteroatoms. The number of hydrogen-bond acceptors (Lipinski definition) is 3. The third-order valence-corrected chi connectivity index (χ3v) is 2.99. The minimum atomic E-state index is 0.0959. The van der Waals surface area contributed by atoms with E-state index in [1.165, 1.54) is 0 Å². The molecule has 18 heavy (non-hydrogen) atoms. The van der Waals surface area contributed by atoms with Crippen molar-refractivity contribution in [1.82, 2.24) is 15.2 Å². The lowest BCUT2D eigenvalue weighted by Gasteiger charge is -2.19. The molecule has 1 aromatic rings. The molecule has 0 aliphatic heterocycles. The molecule has 1 N–H and O–H groups in total. The molecule has 4 nitrogen and oxygen atoms in total. The van der Waals surface area contributed by atoms with Crippen LogP contribution >= 0.6 is 0 Å². The van der Waals surface area contributed by atoms with E-state index in [1.807, 2.05) is 32.2 Å². The molecule has 0 saturated heterocycles. The van der Waals surface area contributed by atoms with Gasteiger partial charge in [-0.1, -0.05) is 13.0 Å². The first-order valence-corrected chi connectivity index (χ1v) is 6.42. The van der Waals surface area contributed by atoms with Gasteiger partial charge in [-0.05, 0) is 32.4 Å². The highest BCUT2D eigenvalue weighted by atomic mass is 16.2. The lowest BCUT2D eigenvalue weighted by Crippen LogP contribution is -2.38. The van der Waals surface area contributed by atoms with E-state index in [9.17, 15) is 4.79 Å². The standard InChI is InChI=1S/C14H23N3O/c1-5-11(2)15-9-14(18)17(4)10-13-8-6-7-12(3)16-13/h6-8,11,15H,5,9-10H2,1-4H3. The fraction of sp³-hybridized carbons (Fsp3) is 0.571. The van der Waals surface area contributed by atoms with Gasteiger partial charge in [-0.15, -0.1) is 0 Å². The van der Waals surface area contributed by atoms with E-state index in [-0.39, 0.29) is 5.91 Å². The number of hydrogen-bond donors (Lipinski definition) is 1. The summed E-state index contributed by atoms with van der Waals surface area (Å²) in [6, 6.07) is 6.24. The Hall–Kier alpha value is -1.42. The van der Waals surface area contributed by atoms with Crippen LogP contribution in [0.4, 0.5) is 0 Å². The second-order valence-electron chi connectivity index (χ2n) is 4.71. The quantitative estimate of drug-likeness (QED) is 0.835. The van der Waals surface area contributed by atoms with Crippen LogP contribution in [0.25, 0.3) is 0 Å². The van der Waals surface area contributed by atoms with E-state index < -0.39 is 0 Å². The summed E-state index contributed by atoms with van der Waals surface area (Å²) in [5.74, 6) is 0.0959. The lowest BCUT2D eigenvalue weighted by atomic mass is 10.2. The molecule has 1 heterocycles. The molecule has 0 aliphatic carbocycles. The predicted octanol–water partition coefficient (Wildman–Crippen LogP) is 1.74. The van der Waals surface area contributed by atoms with Crippen molar-refractivity contribution in [3.63, 3.8) is 0 Å². The number of carbonyl (C=O) groups is 1. The van der Waals surface area contributed by atoms with Crippen LogP contribution in [0.2, 0.25) is 0 Å². The molecule has 0 bridgehead atoms. The third-order valence-electron chi connectivity index (χ3n) is 2.99. The SMILES string of the molecule is CCC(C)NCC(=O)N(C)Cc1cccc(C)n1. The number of likely N-dealkylation sites (N-methyl/N-ethyl adjacent to an activating group) is 1. The molecule has 0 aliphatic rings. The number of pyridine rings is 1. The Morgan fingerprint density at radius 1 is 1.50 bits per heavy atom. The molecule has 1 unspecified atom stereocenters. The highest BCUT2D eigenvalue weighted by molar-refractivity contribution is 5.77. The average molecular weight is 249 g/mol. The molecule has 1 rings (SSSR count). The number of nitrogens with one attached hydrogen (secondary N) is 1. The van der Waals surface area contributed by atoms with Gasteiger partial charge in [-0.3, -0.25) is 9.78 Å². The Bertz CT molecular complexity index is 392. The molecule has 0 radical (unpaired) electrons. The first-order chi connectivity index (χ1) is 8.52. The Morgan fingerprint density at radius 2 is 2.22 bits per heavy atom. The first kappa shape index (κ1) is 14.6. The maximum absolute atomic E-state index is 11.9. The van der Waals surface area contributed by atoms with Gasteiger partial charge in [0, 0.05) is 18.8 Å². The molecular formula is C14H23N3O. The number of rotatable bonds is 6. The summed E-state index contributed by atoms with van der Waals surface area (Å²) in [5.41, 5.74) is 1.90. The lowest BCUT2D eigenvalue weighted by molar-refractivity contribution is -0.129. The molecule has 100 valence electrons. The van der Waals surface area contributed by atoms with Gasteiger partial charge >= 0.3 is 0 Å². The zero-order valence-corrected chi connectivity index (χ0v) is 11.7. The van der Waals surface area contributed by atoms with Gasteiger partial charge in [0.05, 0.1) is 18.8 Å². The highest BCUT2D eigenvalue weighted by Gasteiger charge is 2.10. The van der Waals surface area contributed by atoms with Crippen molar-refractivity contribution in [2.24, 2.45) is 0 Å². The number of aromatic nitrogens is 1. The van der Waals surface area contributed by atoms with E-state index in [4.69, 9.17) is 0 Å². The van der Waals surface area contributed by atoms with Gasteiger partial charge in [0.15, 0.2) is 0 Å². The average Bonchev–Trinajstić information content (AvgIpc) is 2.35. The normalized spacial score (nSPS) is 12.2. The van der Waals surface area contributed by atoms with Crippen LogP contribution < -0.4 is 5.32 Å². The minimum Gasteiger partial charge on any atom is -0.339 e. The van der Waals surface area contributed by atoms with Crippen LogP contribution in [0, 0.1) is 6.92 Å².